The second-order valence-corrected chi connectivity index (χ2v) is 9.61. The summed E-state index contributed by atoms with van der Waals surface area (Å²) in [5.41, 5.74) is 3.41. The zero-order valence-corrected chi connectivity index (χ0v) is 21.4. The van der Waals surface area contributed by atoms with E-state index in [1.807, 2.05) is 31.3 Å². The van der Waals surface area contributed by atoms with Crippen LogP contribution in [0.4, 0.5) is 5.82 Å². The number of nitrogens with one attached hydrogen (secondary N) is 2. The number of halogens is 1. The lowest BCUT2D eigenvalue weighted by Crippen LogP contribution is -2.54. The highest BCUT2D eigenvalue weighted by Gasteiger charge is 2.30. The van der Waals surface area contributed by atoms with Crippen molar-refractivity contribution in [3.63, 3.8) is 0 Å². The van der Waals surface area contributed by atoms with Gasteiger partial charge in [-0.1, -0.05) is 47.5 Å². The number of pyridine rings is 1. The lowest BCUT2D eigenvalue weighted by atomic mass is 10.1. The van der Waals surface area contributed by atoms with Gasteiger partial charge in [0, 0.05) is 70.0 Å². The first-order valence-electron chi connectivity index (χ1n) is 12.3. The summed E-state index contributed by atoms with van der Waals surface area (Å²) >= 11 is 6.39. The van der Waals surface area contributed by atoms with Crippen molar-refractivity contribution >= 4 is 23.3 Å². The smallest absolute Gasteiger partial charge is 0.222 e. The number of aryl methyl sites for hydroxylation is 1. The third-order valence-corrected chi connectivity index (χ3v) is 6.61. The Labute approximate surface area is 221 Å². The predicted octanol–water partition coefficient (Wildman–Crippen LogP) is 3.62. The molecule has 0 radical (unpaired) electrons. The quantitative estimate of drug-likeness (QED) is 0.345. The van der Waals surface area contributed by atoms with E-state index in [-0.39, 0.29) is 11.9 Å². The molecule has 1 aromatic carbocycles. The number of amides is 1. The Morgan fingerprint density at radius 1 is 1.14 bits per heavy atom. The summed E-state index contributed by atoms with van der Waals surface area (Å²) < 4.78 is 0. The van der Waals surface area contributed by atoms with E-state index in [0.717, 1.165) is 24.2 Å². The van der Waals surface area contributed by atoms with Crippen molar-refractivity contribution in [2.75, 3.05) is 24.5 Å². The van der Waals surface area contributed by atoms with Crippen LogP contribution in [0, 0.1) is 6.92 Å². The highest BCUT2D eigenvalue weighted by atomic mass is 35.5. The van der Waals surface area contributed by atoms with Gasteiger partial charge in [0.25, 0.3) is 0 Å². The Bertz CT molecular complexity index is 1310. The van der Waals surface area contributed by atoms with Crippen LogP contribution >= 0.6 is 11.6 Å². The van der Waals surface area contributed by atoms with Gasteiger partial charge in [-0.3, -0.25) is 14.7 Å². The van der Waals surface area contributed by atoms with Gasteiger partial charge >= 0.3 is 0 Å². The summed E-state index contributed by atoms with van der Waals surface area (Å²) in [6.07, 6.45) is 7.36. The third kappa shape index (κ3) is 6.49. The highest BCUT2D eigenvalue weighted by molar-refractivity contribution is 6.29. The molecule has 5 rings (SSSR count). The minimum atomic E-state index is -0.0983. The molecule has 1 atom stereocenters. The zero-order valence-electron chi connectivity index (χ0n) is 20.6. The number of hydrogen-bond acceptors (Lipinski definition) is 7. The largest absolute Gasteiger partial charge is 0.352 e. The molecule has 3 aromatic heterocycles. The number of benzene rings is 1. The van der Waals surface area contributed by atoms with E-state index >= 15 is 0 Å². The molecule has 0 bridgehead atoms. The number of H-pyrrole nitrogens is 1. The van der Waals surface area contributed by atoms with Crippen LogP contribution in [0.1, 0.15) is 23.1 Å². The minimum Gasteiger partial charge on any atom is -0.352 e. The number of rotatable bonds is 8. The zero-order chi connectivity index (χ0) is 25.6. The first kappa shape index (κ1) is 24.9. The normalized spacial score (nSPS) is 16.1. The van der Waals surface area contributed by atoms with Gasteiger partial charge in [0.05, 0.1) is 6.04 Å². The first-order chi connectivity index (χ1) is 18.0. The summed E-state index contributed by atoms with van der Waals surface area (Å²) in [4.78, 5) is 38.2. The maximum atomic E-state index is 13.1. The van der Waals surface area contributed by atoms with Gasteiger partial charge in [-0.25, -0.2) is 15.0 Å². The van der Waals surface area contributed by atoms with E-state index in [2.05, 4.69) is 53.3 Å². The molecular weight excluding hydrogens is 488 g/mol. The van der Waals surface area contributed by atoms with Crippen LogP contribution in [0.25, 0.3) is 11.6 Å². The van der Waals surface area contributed by atoms with Gasteiger partial charge in [0.1, 0.15) is 11.0 Å². The lowest BCUT2D eigenvalue weighted by Gasteiger charge is -2.42. The maximum Gasteiger partial charge on any atom is 0.222 e. The Balaban J connectivity index is 1.34. The molecule has 0 aliphatic carbocycles. The van der Waals surface area contributed by atoms with Gasteiger partial charge in [0.2, 0.25) is 5.91 Å². The fraction of sp³-hybridized carbons (Fsp3) is 0.296. The standard InChI is InChI=1S/C27H29ClN8O/c1-19-4-6-20(7-5-19)16-32-25(37)13-22-18-35(17-21-3-2-8-29-15-21)11-12-36(22)24-14-23(28)33-27(34-24)26-30-9-10-31-26/h2-10,14-15,22H,11-13,16-18H2,1H3,(H,30,31)(H,32,37). The summed E-state index contributed by atoms with van der Waals surface area (Å²) in [5.74, 6) is 1.65. The summed E-state index contributed by atoms with van der Waals surface area (Å²) in [5, 5.41) is 3.41. The number of piperazine rings is 1. The molecule has 1 aliphatic rings. The molecule has 4 aromatic rings. The van der Waals surface area contributed by atoms with E-state index in [1.165, 1.54) is 5.56 Å². The molecule has 1 amide bonds. The Hall–Kier alpha value is -3.82. The van der Waals surface area contributed by atoms with Crippen LogP contribution in [-0.2, 0) is 17.9 Å². The average molecular weight is 517 g/mol. The number of nitrogens with zero attached hydrogens (tertiary/aromatic N) is 6. The highest BCUT2D eigenvalue weighted by Crippen LogP contribution is 2.26. The van der Waals surface area contributed by atoms with Gasteiger partial charge in [0.15, 0.2) is 11.6 Å². The molecule has 9 nitrogen and oxygen atoms in total. The number of carbonyl (C=O) groups excluding carboxylic acids is 1. The van der Waals surface area contributed by atoms with Gasteiger partial charge in [-0.15, -0.1) is 0 Å². The number of imidazole rings is 1. The molecule has 4 heterocycles. The molecule has 37 heavy (non-hydrogen) atoms. The molecule has 1 fully saturated rings. The number of aromatic amines is 1. The monoisotopic (exact) mass is 516 g/mol. The molecule has 190 valence electrons. The van der Waals surface area contributed by atoms with Gasteiger partial charge in [-0.2, -0.15) is 0 Å². The van der Waals surface area contributed by atoms with Crippen molar-refractivity contribution in [2.24, 2.45) is 0 Å². The number of anilines is 1. The van der Waals surface area contributed by atoms with Crippen molar-refractivity contribution in [3.8, 4) is 11.6 Å². The topological polar surface area (TPSA) is 103 Å². The average Bonchev–Trinajstić information content (AvgIpc) is 3.44. The van der Waals surface area contributed by atoms with Crippen LogP contribution in [-0.4, -0.2) is 61.4 Å². The fourth-order valence-electron chi connectivity index (χ4n) is 4.53. The van der Waals surface area contributed by atoms with Crippen molar-refractivity contribution in [3.05, 3.63) is 89.1 Å². The maximum absolute atomic E-state index is 13.1. The van der Waals surface area contributed by atoms with Crippen molar-refractivity contribution in [1.82, 2.24) is 35.1 Å². The van der Waals surface area contributed by atoms with Crippen molar-refractivity contribution in [1.29, 1.82) is 0 Å². The fourth-order valence-corrected chi connectivity index (χ4v) is 4.71. The van der Waals surface area contributed by atoms with Gasteiger partial charge < -0.3 is 15.2 Å². The molecule has 1 aliphatic heterocycles. The Kier molecular flexibility index (Phi) is 7.72. The van der Waals surface area contributed by atoms with E-state index < -0.39 is 0 Å². The van der Waals surface area contributed by atoms with Crippen LogP contribution in [0.3, 0.4) is 0 Å². The first-order valence-corrected chi connectivity index (χ1v) is 12.7. The van der Waals surface area contributed by atoms with Crippen LogP contribution in [0.2, 0.25) is 5.15 Å². The van der Waals surface area contributed by atoms with Crippen molar-refractivity contribution < 1.29 is 4.79 Å². The van der Waals surface area contributed by atoms with Crippen molar-refractivity contribution in [2.45, 2.75) is 32.5 Å². The van der Waals surface area contributed by atoms with Crippen LogP contribution < -0.4 is 10.2 Å². The lowest BCUT2D eigenvalue weighted by molar-refractivity contribution is -0.121. The van der Waals surface area contributed by atoms with E-state index in [0.29, 0.717) is 48.7 Å². The van der Waals surface area contributed by atoms with E-state index in [4.69, 9.17) is 16.6 Å². The second-order valence-electron chi connectivity index (χ2n) is 9.22. The number of hydrogen-bond donors (Lipinski definition) is 2. The van der Waals surface area contributed by atoms with Crippen LogP contribution in [0.5, 0.6) is 0 Å². The van der Waals surface area contributed by atoms with E-state index in [1.54, 1.807) is 24.7 Å². The molecule has 10 heteroatoms. The second kappa shape index (κ2) is 11.5. The molecule has 1 unspecified atom stereocenters. The molecule has 0 saturated carbocycles. The van der Waals surface area contributed by atoms with Crippen LogP contribution in [0.15, 0.2) is 67.3 Å². The minimum absolute atomic E-state index is 0.00906. The molecule has 0 spiro atoms. The third-order valence-electron chi connectivity index (χ3n) is 6.41. The summed E-state index contributed by atoms with van der Waals surface area (Å²) in [6.45, 7) is 5.52. The number of aromatic nitrogens is 5. The molecule has 1 saturated heterocycles. The number of carbonyl (C=O) groups is 1. The SMILES string of the molecule is Cc1ccc(CNC(=O)CC2CN(Cc3cccnc3)CCN2c2cc(Cl)nc(-c3ncc[nH]3)n2)cc1. The predicted molar refractivity (Wildman–Crippen MR) is 143 cm³/mol. The van der Waals surface area contributed by atoms with Gasteiger partial charge in [-0.05, 0) is 24.1 Å². The Morgan fingerprint density at radius 2 is 2.00 bits per heavy atom. The molecule has 2 N–H and O–H groups in total. The summed E-state index contributed by atoms with van der Waals surface area (Å²) in [6, 6.07) is 13.9. The van der Waals surface area contributed by atoms with E-state index in [9.17, 15) is 4.79 Å². The Morgan fingerprint density at radius 3 is 2.76 bits per heavy atom. The summed E-state index contributed by atoms with van der Waals surface area (Å²) in [7, 11) is 0. The molecular formula is C27H29ClN8O.